The van der Waals surface area contributed by atoms with Crippen molar-refractivity contribution >= 4 is 17.3 Å². The predicted octanol–water partition coefficient (Wildman–Crippen LogP) is 4.41. The van der Waals surface area contributed by atoms with Gasteiger partial charge in [-0.25, -0.2) is 13.2 Å². The van der Waals surface area contributed by atoms with Gasteiger partial charge in [0.25, 0.3) is 5.91 Å². The fourth-order valence-electron chi connectivity index (χ4n) is 2.48. The first kappa shape index (κ1) is 18.4. The third-order valence-corrected chi connectivity index (χ3v) is 3.85. The average molecular weight is 371 g/mol. The van der Waals surface area contributed by atoms with Crippen LogP contribution < -0.4 is 10.6 Å². The second-order valence-electron chi connectivity index (χ2n) is 5.78. The van der Waals surface area contributed by atoms with Crippen LogP contribution in [-0.2, 0) is 6.42 Å². The Balaban J connectivity index is 1.61. The molecule has 0 spiro atoms. The number of rotatable bonds is 6. The van der Waals surface area contributed by atoms with Gasteiger partial charge in [0.1, 0.15) is 11.5 Å². The van der Waals surface area contributed by atoms with E-state index in [1.54, 1.807) is 24.3 Å². The molecule has 0 aliphatic carbocycles. The Morgan fingerprint density at radius 2 is 1.70 bits per heavy atom. The highest BCUT2D eigenvalue weighted by Crippen LogP contribution is 2.15. The third kappa shape index (κ3) is 4.84. The van der Waals surface area contributed by atoms with Crippen LogP contribution in [-0.4, -0.2) is 17.4 Å². The topological polar surface area (TPSA) is 54.0 Å². The van der Waals surface area contributed by atoms with Gasteiger partial charge >= 0.3 is 0 Å². The zero-order valence-corrected chi connectivity index (χ0v) is 14.2. The Hall–Kier alpha value is -3.35. The van der Waals surface area contributed by atoms with Crippen LogP contribution in [0.3, 0.4) is 0 Å². The molecule has 7 heteroatoms. The Morgan fingerprint density at radius 1 is 0.889 bits per heavy atom. The maximum absolute atomic E-state index is 13.6. The van der Waals surface area contributed by atoms with Crippen molar-refractivity contribution in [2.75, 3.05) is 17.2 Å². The zero-order valence-electron chi connectivity index (χ0n) is 14.2. The maximum atomic E-state index is 13.6. The van der Waals surface area contributed by atoms with Gasteiger partial charge in [0, 0.05) is 30.2 Å². The number of aromatic nitrogens is 1. The largest absolute Gasteiger partial charge is 0.385 e. The highest BCUT2D eigenvalue weighted by Gasteiger charge is 2.10. The highest BCUT2D eigenvalue weighted by atomic mass is 19.2. The van der Waals surface area contributed by atoms with E-state index in [4.69, 9.17) is 0 Å². The van der Waals surface area contributed by atoms with E-state index in [9.17, 15) is 18.0 Å². The van der Waals surface area contributed by atoms with Crippen molar-refractivity contribution in [1.82, 2.24) is 4.98 Å². The fraction of sp³-hybridized carbons (Fsp3) is 0.100. The van der Waals surface area contributed by atoms with Crippen molar-refractivity contribution in [3.8, 4) is 0 Å². The lowest BCUT2D eigenvalue weighted by molar-refractivity contribution is 0.102. The number of nitrogens with zero attached hydrogens (tertiary/aromatic N) is 1. The van der Waals surface area contributed by atoms with Crippen LogP contribution in [0.1, 0.15) is 16.1 Å². The van der Waals surface area contributed by atoms with Crippen LogP contribution in [0.4, 0.5) is 24.5 Å². The molecule has 2 aromatic carbocycles. The standard InChI is InChI=1S/C20H16F3N3O/c21-16-4-2-1-3-13(16)7-9-24-14-8-10-25-19(12-14)20(27)26-15-5-6-17(22)18(23)11-15/h1-6,8,10-12H,7,9H2,(H,24,25)(H,26,27). The van der Waals surface area contributed by atoms with Gasteiger partial charge in [-0.15, -0.1) is 0 Å². The van der Waals surface area contributed by atoms with Crippen molar-refractivity contribution in [2.24, 2.45) is 0 Å². The number of anilines is 2. The van der Waals surface area contributed by atoms with Gasteiger partial charge in [0.2, 0.25) is 0 Å². The third-order valence-electron chi connectivity index (χ3n) is 3.85. The molecule has 1 heterocycles. The molecule has 0 aliphatic rings. The van der Waals surface area contributed by atoms with Crippen molar-refractivity contribution in [1.29, 1.82) is 0 Å². The summed E-state index contributed by atoms with van der Waals surface area (Å²) in [4.78, 5) is 16.2. The summed E-state index contributed by atoms with van der Waals surface area (Å²) in [5.74, 6) is -2.86. The first-order valence-corrected chi connectivity index (χ1v) is 8.22. The molecule has 0 atom stereocenters. The number of amides is 1. The Morgan fingerprint density at radius 3 is 2.48 bits per heavy atom. The van der Waals surface area contributed by atoms with Gasteiger partial charge in [-0.05, 0) is 42.3 Å². The van der Waals surface area contributed by atoms with Gasteiger partial charge in [-0.3, -0.25) is 9.78 Å². The molecule has 3 aromatic rings. The smallest absolute Gasteiger partial charge is 0.274 e. The van der Waals surface area contributed by atoms with E-state index in [0.717, 1.165) is 12.1 Å². The molecule has 2 N–H and O–H groups in total. The number of benzene rings is 2. The molecule has 0 aliphatic heterocycles. The SMILES string of the molecule is O=C(Nc1ccc(F)c(F)c1)c1cc(NCCc2ccccc2F)ccn1. The van der Waals surface area contributed by atoms with E-state index in [0.29, 0.717) is 24.2 Å². The van der Waals surface area contributed by atoms with Gasteiger partial charge in [0.15, 0.2) is 11.6 Å². The number of nitrogens with one attached hydrogen (secondary N) is 2. The maximum Gasteiger partial charge on any atom is 0.274 e. The molecule has 0 saturated carbocycles. The Labute approximate surface area is 154 Å². The van der Waals surface area contributed by atoms with Crippen molar-refractivity contribution in [3.05, 3.63) is 89.5 Å². The summed E-state index contributed by atoms with van der Waals surface area (Å²) in [6, 6.07) is 12.8. The number of hydrogen-bond acceptors (Lipinski definition) is 3. The van der Waals surface area contributed by atoms with E-state index < -0.39 is 17.5 Å². The van der Waals surface area contributed by atoms with Crippen LogP contribution in [0, 0.1) is 17.5 Å². The summed E-state index contributed by atoms with van der Waals surface area (Å²) < 4.78 is 39.8. The lowest BCUT2D eigenvalue weighted by Crippen LogP contribution is -2.14. The van der Waals surface area contributed by atoms with E-state index >= 15 is 0 Å². The molecule has 0 unspecified atom stereocenters. The van der Waals surface area contributed by atoms with Crippen molar-refractivity contribution < 1.29 is 18.0 Å². The minimum Gasteiger partial charge on any atom is -0.385 e. The van der Waals surface area contributed by atoms with E-state index in [2.05, 4.69) is 15.6 Å². The fourth-order valence-corrected chi connectivity index (χ4v) is 2.48. The number of carbonyl (C=O) groups is 1. The monoisotopic (exact) mass is 371 g/mol. The van der Waals surface area contributed by atoms with E-state index in [-0.39, 0.29) is 17.2 Å². The summed E-state index contributed by atoms with van der Waals surface area (Å²) in [6.45, 7) is 0.467. The van der Waals surface area contributed by atoms with E-state index in [1.165, 1.54) is 24.4 Å². The molecule has 0 fully saturated rings. The normalized spacial score (nSPS) is 10.5. The molecule has 1 amide bonds. The average Bonchev–Trinajstić information content (AvgIpc) is 2.66. The van der Waals surface area contributed by atoms with Crippen LogP contribution in [0.25, 0.3) is 0 Å². The molecular weight excluding hydrogens is 355 g/mol. The minimum absolute atomic E-state index is 0.107. The number of carbonyl (C=O) groups excluding carboxylic acids is 1. The molecule has 0 saturated heterocycles. The van der Waals surface area contributed by atoms with Gasteiger partial charge in [-0.1, -0.05) is 18.2 Å². The number of halogens is 3. The molecule has 1 aromatic heterocycles. The number of hydrogen-bond donors (Lipinski definition) is 2. The summed E-state index contributed by atoms with van der Waals surface area (Å²) >= 11 is 0. The second-order valence-corrected chi connectivity index (χ2v) is 5.78. The molecule has 0 radical (unpaired) electrons. The van der Waals surface area contributed by atoms with Crippen LogP contribution in [0.15, 0.2) is 60.8 Å². The minimum atomic E-state index is -1.05. The predicted molar refractivity (Wildman–Crippen MR) is 97.1 cm³/mol. The molecule has 138 valence electrons. The zero-order chi connectivity index (χ0) is 19.2. The van der Waals surface area contributed by atoms with Crippen LogP contribution in [0.5, 0.6) is 0 Å². The van der Waals surface area contributed by atoms with Crippen LogP contribution >= 0.6 is 0 Å². The van der Waals surface area contributed by atoms with E-state index in [1.807, 2.05) is 0 Å². The van der Waals surface area contributed by atoms with Crippen molar-refractivity contribution in [3.63, 3.8) is 0 Å². The molecule has 3 rings (SSSR count). The summed E-state index contributed by atoms with van der Waals surface area (Å²) in [7, 11) is 0. The van der Waals surface area contributed by atoms with Gasteiger partial charge in [0.05, 0.1) is 0 Å². The number of pyridine rings is 1. The van der Waals surface area contributed by atoms with Crippen LogP contribution in [0.2, 0.25) is 0 Å². The summed E-state index contributed by atoms with van der Waals surface area (Å²) in [5.41, 5.74) is 1.46. The molecule has 27 heavy (non-hydrogen) atoms. The molecular formula is C20H16F3N3O. The lowest BCUT2D eigenvalue weighted by Gasteiger charge is -2.09. The van der Waals surface area contributed by atoms with Gasteiger partial charge < -0.3 is 10.6 Å². The quantitative estimate of drug-likeness (QED) is 0.675. The summed E-state index contributed by atoms with van der Waals surface area (Å²) in [5, 5.41) is 5.56. The van der Waals surface area contributed by atoms with Gasteiger partial charge in [-0.2, -0.15) is 0 Å². The molecule has 0 bridgehead atoms. The summed E-state index contributed by atoms with van der Waals surface area (Å²) in [6.07, 6.45) is 1.93. The Bertz CT molecular complexity index is 963. The first-order valence-electron chi connectivity index (χ1n) is 8.22. The highest BCUT2D eigenvalue weighted by molar-refractivity contribution is 6.03. The molecule has 4 nitrogen and oxygen atoms in total. The Kier molecular flexibility index (Phi) is 5.71. The second kappa shape index (κ2) is 8.35. The lowest BCUT2D eigenvalue weighted by atomic mass is 10.1. The van der Waals surface area contributed by atoms with Crippen molar-refractivity contribution in [2.45, 2.75) is 6.42 Å². The first-order chi connectivity index (χ1) is 13.0.